The maximum Gasteiger partial charge on any atom is 0.220 e. The number of rotatable bonds is 29. The summed E-state index contributed by atoms with van der Waals surface area (Å²) in [6, 6.07) is -0.653. The van der Waals surface area contributed by atoms with Crippen LogP contribution in [0.15, 0.2) is 48.6 Å². The molecular weight excluding hydrogens is 522 g/mol. The highest BCUT2D eigenvalue weighted by atomic mass is 16.6. The third kappa shape index (κ3) is 22.9. The Labute approximate surface area is 259 Å². The van der Waals surface area contributed by atoms with Crippen LogP contribution in [0.5, 0.6) is 0 Å². The van der Waals surface area contributed by atoms with E-state index in [1.54, 1.807) is 6.08 Å². The monoisotopic (exact) mass is 587 g/mol. The van der Waals surface area contributed by atoms with Crippen LogP contribution in [0.25, 0.3) is 0 Å². The Morgan fingerprint density at radius 3 is 1.95 bits per heavy atom. The second kappa shape index (κ2) is 28.1. The Kier molecular flexibility index (Phi) is 25.6. The molecule has 1 heterocycles. The van der Waals surface area contributed by atoms with E-state index in [0.29, 0.717) is 18.6 Å². The van der Waals surface area contributed by atoms with Gasteiger partial charge in [-0.05, 0) is 51.4 Å². The van der Waals surface area contributed by atoms with Crippen molar-refractivity contribution in [1.82, 2.24) is 5.32 Å². The summed E-state index contributed by atoms with van der Waals surface area (Å²) in [5.41, 5.74) is 0. The number of allylic oxidation sites excluding steroid dienone is 6. The summed E-state index contributed by atoms with van der Waals surface area (Å²) in [6.07, 6.45) is 40.8. The molecule has 1 rings (SSSR count). The normalized spacial score (nSPS) is 18.6. The van der Waals surface area contributed by atoms with E-state index in [0.717, 1.165) is 44.9 Å². The lowest BCUT2D eigenvalue weighted by molar-refractivity contribution is -0.122. The van der Waals surface area contributed by atoms with Crippen molar-refractivity contribution in [3.63, 3.8) is 0 Å². The molecule has 1 aliphatic heterocycles. The van der Waals surface area contributed by atoms with Crippen molar-refractivity contribution in [3.8, 4) is 0 Å². The van der Waals surface area contributed by atoms with Crippen LogP contribution in [-0.2, 0) is 9.53 Å². The van der Waals surface area contributed by atoms with Crippen LogP contribution in [0.1, 0.15) is 149 Å². The lowest BCUT2D eigenvalue weighted by Gasteiger charge is -2.19. The number of amides is 1. The first kappa shape index (κ1) is 38.3. The summed E-state index contributed by atoms with van der Waals surface area (Å²) in [5.74, 6) is -0.125. The van der Waals surface area contributed by atoms with Gasteiger partial charge in [0.25, 0.3) is 0 Å². The fourth-order valence-corrected chi connectivity index (χ4v) is 5.14. The Morgan fingerprint density at radius 1 is 0.714 bits per heavy atom. The van der Waals surface area contributed by atoms with E-state index >= 15 is 0 Å². The molecule has 42 heavy (non-hydrogen) atoms. The SMILES string of the molecule is CCCCCCCCCCCC/C=C/[C@@H](O)[C@H](CO)NC(=O)CCC/C=C\C/C=C\C/C=C\CC1OC1CCCCC. The number of carbonyl (C=O) groups excluding carboxylic acids is 1. The van der Waals surface area contributed by atoms with Crippen molar-refractivity contribution in [2.45, 2.75) is 173 Å². The quantitative estimate of drug-likeness (QED) is 0.0463. The number of epoxide rings is 1. The standard InChI is InChI=1S/C37H65NO4/c1-3-5-7-8-9-10-11-12-15-18-21-25-28-34(40)33(32-39)38-37(41)31-27-23-20-17-14-13-16-19-22-26-30-36-35(42-36)29-24-6-4-2/h13,16-17,20,22,25-26,28,33-36,39-40H,3-12,14-15,18-19,21,23-24,27,29-32H2,1-2H3,(H,38,41)/b16-13-,20-17-,26-22-,28-25+/t33-,34+,35?,36?/m0/s1. The molecule has 0 bridgehead atoms. The van der Waals surface area contributed by atoms with Gasteiger partial charge in [0.2, 0.25) is 5.91 Å². The Hall–Kier alpha value is -1.69. The first-order chi connectivity index (χ1) is 20.6. The average Bonchev–Trinajstić information content (AvgIpc) is 3.74. The van der Waals surface area contributed by atoms with Gasteiger partial charge in [-0.3, -0.25) is 4.79 Å². The molecule has 0 aliphatic carbocycles. The molecule has 5 nitrogen and oxygen atoms in total. The summed E-state index contributed by atoms with van der Waals surface area (Å²) in [5, 5.41) is 22.8. The van der Waals surface area contributed by atoms with Crippen molar-refractivity contribution in [1.29, 1.82) is 0 Å². The van der Waals surface area contributed by atoms with Crippen LogP contribution in [0.2, 0.25) is 0 Å². The van der Waals surface area contributed by atoms with Gasteiger partial charge in [0.15, 0.2) is 0 Å². The van der Waals surface area contributed by atoms with Crippen LogP contribution in [0.4, 0.5) is 0 Å². The van der Waals surface area contributed by atoms with E-state index in [1.807, 2.05) is 6.08 Å². The van der Waals surface area contributed by atoms with E-state index in [4.69, 9.17) is 4.74 Å². The number of carbonyl (C=O) groups is 1. The van der Waals surface area contributed by atoms with E-state index in [-0.39, 0.29) is 12.5 Å². The van der Waals surface area contributed by atoms with E-state index in [9.17, 15) is 15.0 Å². The Morgan fingerprint density at radius 2 is 1.29 bits per heavy atom. The zero-order chi connectivity index (χ0) is 30.5. The first-order valence-corrected chi connectivity index (χ1v) is 17.5. The third-order valence-electron chi connectivity index (χ3n) is 7.98. The topological polar surface area (TPSA) is 82.1 Å². The summed E-state index contributed by atoms with van der Waals surface area (Å²) in [7, 11) is 0. The number of hydrogen-bond donors (Lipinski definition) is 3. The highest BCUT2D eigenvalue weighted by Gasteiger charge is 2.36. The smallest absolute Gasteiger partial charge is 0.220 e. The summed E-state index contributed by atoms with van der Waals surface area (Å²) in [4.78, 5) is 12.3. The van der Waals surface area contributed by atoms with E-state index in [2.05, 4.69) is 55.6 Å². The van der Waals surface area contributed by atoms with Gasteiger partial charge in [-0.25, -0.2) is 0 Å². The molecule has 0 aromatic carbocycles. The third-order valence-corrected chi connectivity index (χ3v) is 7.98. The lowest BCUT2D eigenvalue weighted by atomic mass is 10.1. The minimum atomic E-state index is -0.863. The molecule has 1 amide bonds. The largest absolute Gasteiger partial charge is 0.394 e. The van der Waals surface area contributed by atoms with Gasteiger partial charge in [0, 0.05) is 6.42 Å². The highest BCUT2D eigenvalue weighted by molar-refractivity contribution is 5.76. The summed E-state index contributed by atoms with van der Waals surface area (Å²) >= 11 is 0. The number of nitrogens with one attached hydrogen (secondary N) is 1. The zero-order valence-corrected chi connectivity index (χ0v) is 27.2. The van der Waals surface area contributed by atoms with Crippen LogP contribution in [-0.4, -0.2) is 47.1 Å². The van der Waals surface area contributed by atoms with Gasteiger partial charge in [-0.1, -0.05) is 140 Å². The molecule has 1 fully saturated rings. The molecule has 4 atom stereocenters. The minimum absolute atomic E-state index is 0.125. The van der Waals surface area contributed by atoms with Crippen molar-refractivity contribution in [3.05, 3.63) is 48.6 Å². The van der Waals surface area contributed by atoms with Crippen LogP contribution >= 0.6 is 0 Å². The van der Waals surface area contributed by atoms with Crippen molar-refractivity contribution < 1.29 is 19.7 Å². The molecule has 0 aromatic heterocycles. The molecule has 3 N–H and O–H groups in total. The van der Waals surface area contributed by atoms with Crippen molar-refractivity contribution >= 4 is 5.91 Å². The van der Waals surface area contributed by atoms with Gasteiger partial charge >= 0.3 is 0 Å². The summed E-state index contributed by atoms with van der Waals surface area (Å²) in [6.45, 7) is 4.22. The molecule has 242 valence electrons. The van der Waals surface area contributed by atoms with Gasteiger partial charge < -0.3 is 20.3 Å². The number of hydrogen-bond acceptors (Lipinski definition) is 4. The first-order valence-electron chi connectivity index (χ1n) is 17.5. The number of unbranched alkanes of at least 4 members (excludes halogenated alkanes) is 13. The second-order valence-electron chi connectivity index (χ2n) is 12.0. The zero-order valence-electron chi connectivity index (χ0n) is 27.2. The van der Waals surface area contributed by atoms with E-state index in [1.165, 1.54) is 83.5 Å². The van der Waals surface area contributed by atoms with Gasteiger partial charge in [0.1, 0.15) is 0 Å². The molecule has 1 aliphatic rings. The number of ether oxygens (including phenoxy) is 1. The molecule has 0 saturated carbocycles. The lowest BCUT2D eigenvalue weighted by Crippen LogP contribution is -2.45. The predicted octanol–water partition coefficient (Wildman–Crippen LogP) is 9.05. The van der Waals surface area contributed by atoms with Crippen molar-refractivity contribution in [2.75, 3.05) is 6.61 Å². The molecule has 2 unspecified atom stereocenters. The molecule has 0 aromatic rings. The molecule has 0 spiro atoms. The minimum Gasteiger partial charge on any atom is -0.394 e. The maximum atomic E-state index is 12.3. The molecular formula is C37H65NO4. The van der Waals surface area contributed by atoms with Crippen LogP contribution in [0.3, 0.4) is 0 Å². The average molecular weight is 588 g/mol. The molecule has 5 heteroatoms. The fraction of sp³-hybridized carbons (Fsp3) is 0.757. The summed E-state index contributed by atoms with van der Waals surface area (Å²) < 4.78 is 5.72. The highest BCUT2D eigenvalue weighted by Crippen LogP contribution is 2.30. The Bertz CT molecular complexity index is 744. The van der Waals surface area contributed by atoms with Gasteiger partial charge in [0.05, 0.1) is 31.0 Å². The van der Waals surface area contributed by atoms with Crippen molar-refractivity contribution in [2.24, 2.45) is 0 Å². The number of aliphatic hydroxyl groups excluding tert-OH is 2. The van der Waals surface area contributed by atoms with Crippen LogP contribution in [0, 0.1) is 0 Å². The van der Waals surface area contributed by atoms with Gasteiger partial charge in [-0.15, -0.1) is 0 Å². The van der Waals surface area contributed by atoms with Gasteiger partial charge in [-0.2, -0.15) is 0 Å². The maximum absolute atomic E-state index is 12.3. The van der Waals surface area contributed by atoms with E-state index < -0.39 is 12.1 Å². The molecule has 1 saturated heterocycles. The Balaban J connectivity index is 2.00. The fourth-order valence-electron chi connectivity index (χ4n) is 5.14. The van der Waals surface area contributed by atoms with Crippen LogP contribution < -0.4 is 5.32 Å². The molecule has 0 radical (unpaired) electrons. The second-order valence-corrected chi connectivity index (χ2v) is 12.0. The predicted molar refractivity (Wildman–Crippen MR) is 179 cm³/mol. The number of aliphatic hydroxyl groups is 2.